The number of aryl methyl sites for hydroxylation is 1. The van der Waals surface area contributed by atoms with Crippen LogP contribution >= 0.6 is 11.8 Å². The first kappa shape index (κ1) is 14.2. The number of pyridine rings is 1. The van der Waals surface area contributed by atoms with Crippen LogP contribution in [-0.4, -0.2) is 53.5 Å². The van der Waals surface area contributed by atoms with Crippen LogP contribution in [0.1, 0.15) is 11.3 Å². The van der Waals surface area contributed by atoms with Crippen molar-refractivity contribution in [2.24, 2.45) is 5.92 Å². The van der Waals surface area contributed by atoms with Gasteiger partial charge in [-0.3, -0.25) is 4.79 Å². The minimum Gasteiger partial charge on any atom is -0.354 e. The topological polar surface area (TPSA) is 60.2 Å². The molecule has 5 nitrogen and oxygen atoms in total. The van der Waals surface area contributed by atoms with Gasteiger partial charge in [0.1, 0.15) is 11.9 Å². The molecular formula is C15H18N4OS. The van der Waals surface area contributed by atoms with Gasteiger partial charge in [0.2, 0.25) is 5.91 Å². The van der Waals surface area contributed by atoms with Crippen molar-refractivity contribution in [3.05, 3.63) is 23.4 Å². The Morgan fingerprint density at radius 3 is 2.76 bits per heavy atom. The van der Waals surface area contributed by atoms with Gasteiger partial charge in [0, 0.05) is 43.4 Å². The Bertz CT molecular complexity index is 586. The predicted octanol–water partition coefficient (Wildman–Crippen LogP) is 1.27. The Hall–Kier alpha value is -1.74. The SMILES string of the molecule is Cc1ccc(C#N)c(N2CC(C(=O)N3CCSCC3)C2)n1. The Labute approximate surface area is 128 Å². The zero-order valence-electron chi connectivity index (χ0n) is 12.1. The molecule has 0 radical (unpaired) electrons. The predicted molar refractivity (Wildman–Crippen MR) is 83.3 cm³/mol. The zero-order chi connectivity index (χ0) is 14.8. The lowest BCUT2D eigenvalue weighted by Gasteiger charge is -2.42. The van der Waals surface area contributed by atoms with Crippen molar-refractivity contribution < 1.29 is 4.79 Å². The highest BCUT2D eigenvalue weighted by molar-refractivity contribution is 7.99. The summed E-state index contributed by atoms with van der Waals surface area (Å²) in [6, 6.07) is 5.82. The molecule has 3 rings (SSSR count). The summed E-state index contributed by atoms with van der Waals surface area (Å²) >= 11 is 1.91. The average molecular weight is 302 g/mol. The van der Waals surface area contributed by atoms with Crippen molar-refractivity contribution >= 4 is 23.5 Å². The van der Waals surface area contributed by atoms with Crippen molar-refractivity contribution in [2.45, 2.75) is 6.92 Å². The minimum absolute atomic E-state index is 0.0574. The summed E-state index contributed by atoms with van der Waals surface area (Å²) in [4.78, 5) is 20.8. The summed E-state index contributed by atoms with van der Waals surface area (Å²) in [7, 11) is 0. The first-order valence-corrected chi connectivity index (χ1v) is 8.33. The standard InChI is InChI=1S/C15H18N4OS/c1-11-2-3-12(8-16)14(17-11)19-9-13(10-19)15(20)18-4-6-21-7-5-18/h2-3,13H,4-7,9-10H2,1H3. The van der Waals surface area contributed by atoms with Gasteiger partial charge in [-0.05, 0) is 19.1 Å². The van der Waals surface area contributed by atoms with E-state index in [9.17, 15) is 4.79 Å². The van der Waals surface area contributed by atoms with Crippen molar-refractivity contribution in [3.8, 4) is 6.07 Å². The molecule has 1 aromatic heterocycles. The average Bonchev–Trinajstić information content (AvgIpc) is 2.47. The Morgan fingerprint density at radius 2 is 2.10 bits per heavy atom. The van der Waals surface area contributed by atoms with E-state index < -0.39 is 0 Å². The first-order valence-electron chi connectivity index (χ1n) is 7.18. The minimum atomic E-state index is 0.0574. The lowest BCUT2D eigenvalue weighted by atomic mass is 9.97. The number of anilines is 1. The highest BCUT2D eigenvalue weighted by Crippen LogP contribution is 2.28. The number of amides is 1. The van der Waals surface area contributed by atoms with Crippen molar-refractivity contribution in [1.82, 2.24) is 9.88 Å². The van der Waals surface area contributed by atoms with Gasteiger partial charge < -0.3 is 9.80 Å². The van der Waals surface area contributed by atoms with Gasteiger partial charge >= 0.3 is 0 Å². The number of hydrogen-bond donors (Lipinski definition) is 0. The molecule has 2 saturated heterocycles. The molecule has 2 fully saturated rings. The van der Waals surface area contributed by atoms with Crippen LogP contribution in [0.3, 0.4) is 0 Å². The monoisotopic (exact) mass is 302 g/mol. The van der Waals surface area contributed by atoms with Crippen molar-refractivity contribution in [2.75, 3.05) is 42.6 Å². The maximum absolute atomic E-state index is 12.4. The number of rotatable bonds is 2. The molecule has 6 heteroatoms. The quantitative estimate of drug-likeness (QED) is 0.823. The molecule has 0 N–H and O–H groups in total. The van der Waals surface area contributed by atoms with E-state index in [-0.39, 0.29) is 11.8 Å². The Morgan fingerprint density at radius 1 is 1.38 bits per heavy atom. The number of carbonyl (C=O) groups is 1. The molecule has 3 heterocycles. The number of nitriles is 1. The molecule has 21 heavy (non-hydrogen) atoms. The van der Waals surface area contributed by atoms with E-state index in [0.29, 0.717) is 18.7 Å². The lowest BCUT2D eigenvalue weighted by molar-refractivity contribution is -0.135. The normalized spacial score (nSPS) is 19.0. The fraction of sp³-hybridized carbons (Fsp3) is 0.533. The molecule has 110 valence electrons. The second-order valence-corrected chi connectivity index (χ2v) is 6.70. The van der Waals surface area contributed by atoms with Gasteiger partial charge in [-0.2, -0.15) is 17.0 Å². The van der Waals surface area contributed by atoms with E-state index in [4.69, 9.17) is 5.26 Å². The molecule has 0 bridgehead atoms. The molecule has 1 aromatic rings. The third-order valence-electron chi connectivity index (χ3n) is 3.99. The van der Waals surface area contributed by atoms with Gasteiger partial charge in [0.05, 0.1) is 11.5 Å². The molecule has 0 aromatic carbocycles. The Balaban J connectivity index is 1.64. The van der Waals surface area contributed by atoms with Crippen LogP contribution in [0.15, 0.2) is 12.1 Å². The number of hydrogen-bond acceptors (Lipinski definition) is 5. The molecule has 0 saturated carbocycles. The molecular weight excluding hydrogens is 284 g/mol. The summed E-state index contributed by atoms with van der Waals surface area (Å²) < 4.78 is 0. The smallest absolute Gasteiger partial charge is 0.229 e. The molecule has 2 aliphatic heterocycles. The van der Waals surface area contributed by atoms with E-state index in [1.54, 1.807) is 6.07 Å². The van der Waals surface area contributed by atoms with Crippen LogP contribution in [0, 0.1) is 24.2 Å². The van der Waals surface area contributed by atoms with Gasteiger partial charge in [-0.1, -0.05) is 0 Å². The second kappa shape index (κ2) is 5.94. The summed E-state index contributed by atoms with van der Waals surface area (Å²) in [6.45, 7) is 5.00. The first-order chi connectivity index (χ1) is 10.2. The van der Waals surface area contributed by atoms with Gasteiger partial charge in [0.15, 0.2) is 0 Å². The molecule has 1 amide bonds. The molecule has 0 atom stereocenters. The fourth-order valence-electron chi connectivity index (χ4n) is 2.72. The van der Waals surface area contributed by atoms with E-state index in [2.05, 4.69) is 11.1 Å². The number of thioether (sulfide) groups is 1. The Kier molecular flexibility index (Phi) is 4.02. The third kappa shape index (κ3) is 2.84. The lowest BCUT2D eigenvalue weighted by Crippen LogP contribution is -2.56. The molecule has 0 aliphatic carbocycles. The van der Waals surface area contributed by atoms with E-state index >= 15 is 0 Å². The van der Waals surface area contributed by atoms with Crippen molar-refractivity contribution in [1.29, 1.82) is 5.26 Å². The van der Waals surface area contributed by atoms with E-state index in [1.165, 1.54) is 0 Å². The van der Waals surface area contributed by atoms with Crippen molar-refractivity contribution in [3.63, 3.8) is 0 Å². The second-order valence-electron chi connectivity index (χ2n) is 5.48. The van der Waals surface area contributed by atoms with E-state index in [1.807, 2.05) is 34.6 Å². The summed E-state index contributed by atoms with van der Waals surface area (Å²) in [5, 5.41) is 9.16. The maximum atomic E-state index is 12.4. The molecule has 0 unspecified atom stereocenters. The molecule has 0 spiro atoms. The third-order valence-corrected chi connectivity index (χ3v) is 4.93. The largest absolute Gasteiger partial charge is 0.354 e. The zero-order valence-corrected chi connectivity index (χ0v) is 12.9. The van der Waals surface area contributed by atoms with Crippen LogP contribution in [-0.2, 0) is 4.79 Å². The van der Waals surface area contributed by atoms with Crippen LogP contribution < -0.4 is 4.90 Å². The van der Waals surface area contributed by atoms with Crippen LogP contribution in [0.5, 0.6) is 0 Å². The number of nitrogens with zero attached hydrogens (tertiary/aromatic N) is 4. The van der Waals surface area contributed by atoms with Gasteiger partial charge in [0.25, 0.3) is 0 Å². The van der Waals surface area contributed by atoms with Crippen LogP contribution in [0.25, 0.3) is 0 Å². The van der Waals surface area contributed by atoms with Crippen LogP contribution in [0.4, 0.5) is 5.82 Å². The molecule has 2 aliphatic rings. The summed E-state index contributed by atoms with van der Waals surface area (Å²) in [6.07, 6.45) is 0. The number of carbonyl (C=O) groups excluding carboxylic acids is 1. The summed E-state index contributed by atoms with van der Waals surface area (Å²) in [5.74, 6) is 3.12. The highest BCUT2D eigenvalue weighted by atomic mass is 32.2. The summed E-state index contributed by atoms with van der Waals surface area (Å²) in [5.41, 5.74) is 1.48. The fourth-order valence-corrected chi connectivity index (χ4v) is 3.62. The number of aromatic nitrogens is 1. The van der Waals surface area contributed by atoms with Gasteiger partial charge in [-0.15, -0.1) is 0 Å². The maximum Gasteiger partial charge on any atom is 0.229 e. The highest BCUT2D eigenvalue weighted by Gasteiger charge is 2.37. The van der Waals surface area contributed by atoms with Crippen LogP contribution in [0.2, 0.25) is 0 Å². The van der Waals surface area contributed by atoms with E-state index in [0.717, 1.165) is 36.1 Å². The van der Waals surface area contributed by atoms with Gasteiger partial charge in [-0.25, -0.2) is 4.98 Å².